The lowest BCUT2D eigenvalue weighted by molar-refractivity contribution is -1.04. The molecule has 4 nitrogen and oxygen atoms in total. The van der Waals surface area contributed by atoms with Gasteiger partial charge < -0.3 is 15.1 Å². The molecule has 5 aliphatic heterocycles. The summed E-state index contributed by atoms with van der Waals surface area (Å²) in [6.45, 7) is 7.59. The van der Waals surface area contributed by atoms with E-state index in [0.29, 0.717) is 29.8 Å². The summed E-state index contributed by atoms with van der Waals surface area (Å²) in [5.41, 5.74) is 3.88. The van der Waals surface area contributed by atoms with E-state index in [2.05, 4.69) is 63.1 Å². The number of likely N-dealkylation sites (N-methyl/N-ethyl adjacent to an activating group) is 1. The third-order valence-electron chi connectivity index (χ3n) is 10.2. The first kappa shape index (κ1) is 19.3. The fraction of sp³-hybridized carbons (Fsp3) is 0.692. The van der Waals surface area contributed by atoms with Crippen LogP contribution in [0.3, 0.4) is 0 Å². The van der Waals surface area contributed by atoms with Gasteiger partial charge in [-0.2, -0.15) is 0 Å². The number of hydrogen-bond donors (Lipinski definition) is 2. The summed E-state index contributed by atoms with van der Waals surface area (Å²) in [4.78, 5) is 2.48. The van der Waals surface area contributed by atoms with Gasteiger partial charge in [-0.1, -0.05) is 36.8 Å². The molecule has 162 valence electrons. The standard InChI is InChI=1S/C26H37N2O2/c1-5-16-17-13-20-23-26(18-10-6-7-11-19(18)27(23)4)14-21(22(17)24(26)29)28(20,25(16)30)12-8-9-15(2)3/h6-7,9-11,16-17,20-25,29-30H,5,8,12-14H2,1-4H3/q+1/t16-,17-,20?,21-,22?,23-,24?,25+,26?,28?/m0/s1. The van der Waals surface area contributed by atoms with Crippen molar-refractivity contribution in [1.29, 1.82) is 0 Å². The van der Waals surface area contributed by atoms with E-state index in [1.165, 1.54) is 16.8 Å². The first-order valence-electron chi connectivity index (χ1n) is 12.1. The number of allylic oxidation sites excluding steroid dienone is 1. The summed E-state index contributed by atoms with van der Waals surface area (Å²) >= 11 is 0. The van der Waals surface area contributed by atoms with E-state index in [0.717, 1.165) is 36.7 Å². The van der Waals surface area contributed by atoms with E-state index in [4.69, 9.17) is 0 Å². The van der Waals surface area contributed by atoms with Crippen LogP contribution in [0.15, 0.2) is 35.9 Å². The van der Waals surface area contributed by atoms with Gasteiger partial charge in [0, 0.05) is 43.8 Å². The fourth-order valence-corrected chi connectivity index (χ4v) is 9.42. The number of aliphatic hydroxyl groups excluding tert-OH is 2. The van der Waals surface area contributed by atoms with Gasteiger partial charge in [0.1, 0.15) is 6.04 Å². The molecule has 0 amide bonds. The maximum Gasteiger partial charge on any atom is 0.194 e. The van der Waals surface area contributed by atoms with Crippen LogP contribution < -0.4 is 4.90 Å². The van der Waals surface area contributed by atoms with Gasteiger partial charge in [-0.15, -0.1) is 0 Å². The minimum atomic E-state index is -0.293. The zero-order chi connectivity index (χ0) is 21.0. The van der Waals surface area contributed by atoms with Gasteiger partial charge in [0.25, 0.3) is 0 Å². The average molecular weight is 410 g/mol. The Morgan fingerprint density at radius 2 is 2.00 bits per heavy atom. The lowest BCUT2D eigenvalue weighted by Crippen LogP contribution is -2.83. The van der Waals surface area contributed by atoms with E-state index < -0.39 is 0 Å². The first-order valence-corrected chi connectivity index (χ1v) is 12.1. The van der Waals surface area contributed by atoms with Crippen LogP contribution in [-0.4, -0.2) is 58.7 Å². The van der Waals surface area contributed by atoms with Crippen molar-refractivity contribution in [2.24, 2.45) is 17.8 Å². The molecule has 30 heavy (non-hydrogen) atoms. The molecule has 1 spiro atoms. The minimum Gasteiger partial charge on any atom is -0.392 e. The van der Waals surface area contributed by atoms with Crippen molar-refractivity contribution in [3.05, 3.63) is 41.5 Å². The van der Waals surface area contributed by atoms with Gasteiger partial charge in [-0.3, -0.25) is 4.48 Å². The van der Waals surface area contributed by atoms with Crippen LogP contribution in [0.2, 0.25) is 0 Å². The monoisotopic (exact) mass is 409 g/mol. The topological polar surface area (TPSA) is 43.7 Å². The molecule has 1 aliphatic carbocycles. The molecule has 5 fully saturated rings. The highest BCUT2D eigenvalue weighted by molar-refractivity contribution is 5.66. The average Bonchev–Trinajstić information content (AvgIpc) is 3.11. The SMILES string of the molecule is CC[C@H]1[C@@H]2CC3[C@@H]4N(C)c5ccccc5C45C[C@@H](C2C5O)[N+]3(CCC=C(C)C)[C@@H]1O. The van der Waals surface area contributed by atoms with Gasteiger partial charge in [0.2, 0.25) is 0 Å². The second-order valence-corrected chi connectivity index (χ2v) is 11.1. The summed E-state index contributed by atoms with van der Waals surface area (Å²) < 4.78 is 0.839. The van der Waals surface area contributed by atoms with E-state index in [9.17, 15) is 10.2 Å². The number of aliphatic hydroxyl groups is 2. The van der Waals surface area contributed by atoms with E-state index in [1.54, 1.807) is 0 Å². The zero-order valence-corrected chi connectivity index (χ0v) is 18.8. The van der Waals surface area contributed by atoms with Crippen LogP contribution in [0.25, 0.3) is 0 Å². The minimum absolute atomic E-state index is 0.152. The number of quaternary nitrogens is 1. The molecule has 4 heteroatoms. The Morgan fingerprint density at radius 1 is 1.23 bits per heavy atom. The van der Waals surface area contributed by atoms with Gasteiger partial charge in [0.05, 0.1) is 30.1 Å². The molecule has 1 aromatic rings. The van der Waals surface area contributed by atoms with Crippen LogP contribution in [-0.2, 0) is 5.41 Å². The molecule has 1 aromatic carbocycles. The molecule has 1 saturated carbocycles. The van der Waals surface area contributed by atoms with Crippen molar-refractivity contribution in [2.75, 3.05) is 18.5 Å². The Balaban J connectivity index is 1.55. The van der Waals surface area contributed by atoms with Crippen molar-refractivity contribution in [3.63, 3.8) is 0 Å². The maximum atomic E-state index is 12.0. The smallest absolute Gasteiger partial charge is 0.194 e. The molecule has 5 unspecified atom stereocenters. The highest BCUT2D eigenvalue weighted by atomic mass is 16.3. The van der Waals surface area contributed by atoms with Gasteiger partial charge in [-0.25, -0.2) is 0 Å². The van der Waals surface area contributed by atoms with E-state index >= 15 is 0 Å². The second-order valence-electron chi connectivity index (χ2n) is 11.1. The number of benzene rings is 1. The number of para-hydroxylation sites is 1. The van der Waals surface area contributed by atoms with Crippen LogP contribution in [0.1, 0.15) is 52.0 Å². The highest BCUT2D eigenvalue weighted by Crippen LogP contribution is 2.71. The highest BCUT2D eigenvalue weighted by Gasteiger charge is 2.82. The summed E-state index contributed by atoms with van der Waals surface area (Å²) in [5, 5.41) is 23.9. The van der Waals surface area contributed by atoms with Gasteiger partial charge in [0.15, 0.2) is 6.23 Å². The van der Waals surface area contributed by atoms with Crippen molar-refractivity contribution in [3.8, 4) is 0 Å². The number of rotatable bonds is 4. The van der Waals surface area contributed by atoms with E-state index in [-0.39, 0.29) is 23.8 Å². The predicted molar refractivity (Wildman–Crippen MR) is 119 cm³/mol. The molecule has 0 radical (unpaired) electrons. The number of anilines is 1. The number of nitrogens with zero attached hydrogens (tertiary/aromatic N) is 2. The summed E-state index contributed by atoms with van der Waals surface area (Å²) in [6, 6.07) is 9.89. The molecule has 10 atom stereocenters. The summed E-state index contributed by atoms with van der Waals surface area (Å²) in [7, 11) is 2.24. The Hall–Kier alpha value is -1.36. The molecule has 6 aliphatic rings. The molecule has 0 aromatic heterocycles. The van der Waals surface area contributed by atoms with E-state index in [1.807, 2.05) is 0 Å². The molecule has 4 saturated heterocycles. The van der Waals surface area contributed by atoms with Crippen LogP contribution in [0.5, 0.6) is 0 Å². The van der Waals surface area contributed by atoms with Crippen molar-refractivity contribution in [1.82, 2.24) is 0 Å². The number of fused-ring (bicyclic) bond motifs is 2. The number of hydrogen-bond acceptors (Lipinski definition) is 3. The third-order valence-corrected chi connectivity index (χ3v) is 10.2. The summed E-state index contributed by atoms with van der Waals surface area (Å²) in [6.07, 6.45) is 5.99. The quantitative estimate of drug-likeness (QED) is 0.592. The largest absolute Gasteiger partial charge is 0.392 e. The van der Waals surface area contributed by atoms with Crippen LogP contribution in [0, 0.1) is 17.8 Å². The summed E-state index contributed by atoms with van der Waals surface area (Å²) in [5.74, 6) is 1.10. The van der Waals surface area contributed by atoms with Crippen molar-refractivity contribution < 1.29 is 14.7 Å². The Kier molecular flexibility index (Phi) is 3.94. The van der Waals surface area contributed by atoms with Crippen LogP contribution in [0.4, 0.5) is 5.69 Å². The number of piperidine rings is 4. The fourth-order valence-electron chi connectivity index (χ4n) is 9.42. The van der Waals surface area contributed by atoms with Crippen LogP contribution >= 0.6 is 0 Å². The molecule has 5 bridgehead atoms. The predicted octanol–water partition coefficient (Wildman–Crippen LogP) is 3.43. The normalized spacial score (nSPS) is 49.3. The molecule has 2 N–H and O–H groups in total. The Labute approximate surface area is 180 Å². The van der Waals surface area contributed by atoms with Crippen molar-refractivity contribution >= 4 is 5.69 Å². The first-order chi connectivity index (χ1) is 14.4. The Bertz CT molecular complexity index is 910. The van der Waals surface area contributed by atoms with Crippen molar-refractivity contribution in [2.45, 2.75) is 82.3 Å². The van der Waals surface area contributed by atoms with Gasteiger partial charge in [-0.05, 0) is 37.8 Å². The zero-order valence-electron chi connectivity index (χ0n) is 18.8. The maximum absolute atomic E-state index is 12.0. The lowest BCUT2D eigenvalue weighted by atomic mass is 9.60. The molecular formula is C26H37N2O2+. The Morgan fingerprint density at radius 3 is 2.73 bits per heavy atom. The lowest BCUT2D eigenvalue weighted by Gasteiger charge is -2.68. The molecule has 5 heterocycles. The third kappa shape index (κ3) is 1.91. The molecular weight excluding hydrogens is 372 g/mol. The van der Waals surface area contributed by atoms with Gasteiger partial charge >= 0.3 is 0 Å². The molecule has 7 rings (SSSR count). The second kappa shape index (κ2) is 6.11.